The number of anilines is 1. The van der Waals surface area contributed by atoms with Crippen LogP contribution < -0.4 is 10.2 Å². The molecule has 0 unspecified atom stereocenters. The lowest BCUT2D eigenvalue weighted by molar-refractivity contribution is -0.437. The number of nitrogens with zero attached hydrogens (tertiary/aromatic N) is 4. The molecule has 0 saturated carbocycles. The topological polar surface area (TPSA) is 273 Å². The molecule has 3 aliphatic heterocycles. The standard InChI is InChI=1S/C44H55N5O14S4/c1-43(2)34-30-32(66(59,60)46(5)24-11-16-40(50)45-23-27-49-41(51)21-22-42(49)52)17-19-36(34)47(25-12-28-64(53,54)55)38(43)14-9-7-6-8-10-15-39-44(3,4)35-31-33(67(61,62)63)18-20-37(35)48(39)26-13-29-65(56,57)58/h6-10,14-15,17-22,30-31H,11-13,16,23-29H2,1-5H3,(H3-,45,50,53,54,55,56,57,58,61,62,63)/p+1. The quantitative estimate of drug-likeness (QED) is 0.0567. The zero-order valence-electron chi connectivity index (χ0n) is 37.7. The Morgan fingerprint density at radius 1 is 0.731 bits per heavy atom. The Hall–Kier alpha value is -5.14. The highest BCUT2D eigenvalue weighted by atomic mass is 32.2. The number of amides is 3. The third-order valence-electron chi connectivity index (χ3n) is 11.7. The molecule has 2 aromatic carbocycles. The van der Waals surface area contributed by atoms with Crippen LogP contribution >= 0.6 is 0 Å². The highest BCUT2D eigenvalue weighted by molar-refractivity contribution is 7.89. The van der Waals surface area contributed by atoms with Crippen molar-refractivity contribution in [3.05, 3.63) is 108 Å². The van der Waals surface area contributed by atoms with E-state index in [0.29, 0.717) is 33.9 Å². The zero-order chi connectivity index (χ0) is 49.8. The average Bonchev–Trinajstić information content (AvgIpc) is 3.73. The van der Waals surface area contributed by atoms with Gasteiger partial charge in [0.05, 0.1) is 26.7 Å². The highest BCUT2D eigenvalue weighted by Gasteiger charge is 2.45. The molecule has 3 heterocycles. The summed E-state index contributed by atoms with van der Waals surface area (Å²) in [6, 6.07) is 8.85. The largest absolute Gasteiger partial charge is 0.354 e. The molecule has 3 amide bonds. The minimum atomic E-state index is -4.51. The molecule has 0 saturated heterocycles. The van der Waals surface area contributed by atoms with Gasteiger partial charge in [0.15, 0.2) is 5.71 Å². The van der Waals surface area contributed by atoms with Gasteiger partial charge >= 0.3 is 0 Å². The first-order valence-corrected chi connectivity index (χ1v) is 27.2. The van der Waals surface area contributed by atoms with Crippen molar-refractivity contribution in [2.75, 3.05) is 56.2 Å². The molecule has 364 valence electrons. The van der Waals surface area contributed by atoms with Crippen LogP contribution in [0.5, 0.6) is 0 Å². The van der Waals surface area contributed by atoms with Gasteiger partial charge in [-0.1, -0.05) is 44.2 Å². The number of benzene rings is 2. The maximum Gasteiger partial charge on any atom is 0.294 e. The van der Waals surface area contributed by atoms with Crippen molar-refractivity contribution in [2.24, 2.45) is 0 Å². The molecule has 3 aliphatic rings. The molecule has 0 radical (unpaired) electrons. The van der Waals surface area contributed by atoms with Crippen LogP contribution in [-0.2, 0) is 65.6 Å². The fourth-order valence-corrected chi connectivity index (χ4v) is 10.9. The summed E-state index contributed by atoms with van der Waals surface area (Å²) in [4.78, 5) is 38.4. The molecule has 19 nitrogen and oxygen atoms in total. The molecule has 23 heteroatoms. The lowest BCUT2D eigenvalue weighted by atomic mass is 9.81. The molecule has 4 N–H and O–H groups in total. The van der Waals surface area contributed by atoms with Gasteiger partial charge < -0.3 is 10.2 Å². The Kier molecular flexibility index (Phi) is 16.3. The van der Waals surface area contributed by atoms with Gasteiger partial charge in [-0.3, -0.25) is 32.9 Å². The van der Waals surface area contributed by atoms with Gasteiger partial charge in [-0.15, -0.1) is 0 Å². The molecule has 0 aliphatic carbocycles. The predicted molar refractivity (Wildman–Crippen MR) is 251 cm³/mol. The van der Waals surface area contributed by atoms with Crippen LogP contribution in [0.3, 0.4) is 0 Å². The van der Waals surface area contributed by atoms with Crippen LogP contribution in [0.1, 0.15) is 64.5 Å². The second kappa shape index (κ2) is 20.6. The molecular formula is C44H56N5O14S4+. The summed E-state index contributed by atoms with van der Waals surface area (Å²) in [5, 5.41) is 2.63. The fraction of sp³-hybridized carbons (Fsp3) is 0.409. The Morgan fingerprint density at radius 3 is 1.97 bits per heavy atom. The lowest BCUT2D eigenvalue weighted by Gasteiger charge is -2.27. The summed E-state index contributed by atoms with van der Waals surface area (Å²) in [5.74, 6) is -2.28. The van der Waals surface area contributed by atoms with Gasteiger partial charge in [0.25, 0.3) is 42.2 Å². The van der Waals surface area contributed by atoms with E-state index in [4.69, 9.17) is 0 Å². The Bertz CT molecular complexity index is 2930. The highest BCUT2D eigenvalue weighted by Crippen LogP contribution is 2.48. The van der Waals surface area contributed by atoms with Gasteiger partial charge in [0.2, 0.25) is 21.6 Å². The fourth-order valence-electron chi connectivity index (χ4n) is 8.22. The summed E-state index contributed by atoms with van der Waals surface area (Å²) >= 11 is 0. The second-order valence-electron chi connectivity index (χ2n) is 17.2. The lowest BCUT2D eigenvalue weighted by Crippen LogP contribution is -2.38. The summed E-state index contributed by atoms with van der Waals surface area (Å²) in [6.07, 6.45) is 14.9. The van der Waals surface area contributed by atoms with Crippen molar-refractivity contribution in [3.8, 4) is 0 Å². The van der Waals surface area contributed by atoms with E-state index in [1.54, 1.807) is 48.6 Å². The SMILES string of the molecule is CN(CCCC(=O)NCCN1C(=O)C=CC1=O)S(=O)(=O)c1ccc2c(c1)C(C)(C)C(C=CC=CC=CC=C1N(CCCS(=O)(=O)O)c3ccc(S(=O)(=O)O)cc3C1(C)C)=[N+]2CCCS(=O)(=O)O. The van der Waals surface area contributed by atoms with Crippen molar-refractivity contribution in [1.29, 1.82) is 0 Å². The number of hydrogen-bond acceptors (Lipinski definition) is 12. The van der Waals surface area contributed by atoms with Crippen LogP contribution in [0.25, 0.3) is 0 Å². The number of fused-ring (bicyclic) bond motifs is 2. The molecule has 67 heavy (non-hydrogen) atoms. The first-order chi connectivity index (χ1) is 31.1. The normalized spacial score (nSPS) is 18.0. The van der Waals surface area contributed by atoms with Crippen molar-refractivity contribution < 1.29 is 66.3 Å². The Balaban J connectivity index is 1.31. The Labute approximate surface area is 392 Å². The van der Waals surface area contributed by atoms with Gasteiger partial charge in [0.1, 0.15) is 6.54 Å². The summed E-state index contributed by atoms with van der Waals surface area (Å²) < 4.78 is 129. The number of hydrogen-bond donors (Lipinski definition) is 4. The van der Waals surface area contributed by atoms with E-state index in [0.717, 1.165) is 21.4 Å². The average molecular weight is 1010 g/mol. The zero-order valence-corrected chi connectivity index (χ0v) is 41.0. The number of allylic oxidation sites excluding steroid dienone is 8. The minimum absolute atomic E-state index is 0.00138. The first-order valence-electron chi connectivity index (χ1n) is 21.1. The number of carbonyl (C=O) groups excluding carboxylic acids is 3. The number of carbonyl (C=O) groups is 3. The summed E-state index contributed by atoms with van der Waals surface area (Å²) in [7, 11) is -15.7. The minimum Gasteiger partial charge on any atom is -0.354 e. The molecule has 2 aromatic rings. The van der Waals surface area contributed by atoms with Crippen LogP contribution in [0, 0.1) is 0 Å². The van der Waals surface area contributed by atoms with E-state index >= 15 is 0 Å². The molecule has 0 atom stereocenters. The van der Waals surface area contributed by atoms with Crippen LogP contribution in [-0.4, -0.2) is 136 Å². The summed E-state index contributed by atoms with van der Waals surface area (Å²) in [5.41, 5.74) is 2.33. The van der Waals surface area contributed by atoms with E-state index in [-0.39, 0.29) is 74.1 Å². The van der Waals surface area contributed by atoms with Crippen LogP contribution in [0.15, 0.2) is 107 Å². The maximum atomic E-state index is 13.8. The molecule has 0 bridgehead atoms. The van der Waals surface area contributed by atoms with Crippen LogP contribution in [0.2, 0.25) is 0 Å². The number of sulfonamides is 1. The van der Waals surface area contributed by atoms with Gasteiger partial charge in [-0.25, -0.2) is 12.7 Å². The predicted octanol–water partition coefficient (Wildman–Crippen LogP) is 3.66. The molecule has 5 rings (SSSR count). The van der Waals surface area contributed by atoms with Crippen molar-refractivity contribution in [2.45, 2.75) is 74.0 Å². The van der Waals surface area contributed by atoms with Crippen LogP contribution in [0.4, 0.5) is 11.4 Å². The first kappa shape index (κ1) is 52.8. The van der Waals surface area contributed by atoms with E-state index in [9.17, 15) is 61.7 Å². The summed E-state index contributed by atoms with van der Waals surface area (Å²) in [6.45, 7) is 7.95. The third-order valence-corrected chi connectivity index (χ3v) is 16.0. The van der Waals surface area contributed by atoms with E-state index in [1.165, 1.54) is 31.3 Å². The number of nitrogens with one attached hydrogen (secondary N) is 1. The molecular weight excluding hydrogens is 951 g/mol. The molecule has 0 fully saturated rings. The molecule has 0 spiro atoms. The molecule has 0 aromatic heterocycles. The van der Waals surface area contributed by atoms with Crippen molar-refractivity contribution >= 4 is 75.2 Å². The number of imide groups is 1. The van der Waals surface area contributed by atoms with Gasteiger partial charge in [-0.2, -0.15) is 29.8 Å². The van der Waals surface area contributed by atoms with Gasteiger partial charge in [0, 0.05) is 92.7 Å². The second-order valence-corrected chi connectivity index (χ2v) is 23.8. The third kappa shape index (κ3) is 12.9. The van der Waals surface area contributed by atoms with Gasteiger partial charge in [-0.05, 0) is 68.7 Å². The van der Waals surface area contributed by atoms with Crippen molar-refractivity contribution in [1.82, 2.24) is 14.5 Å². The van der Waals surface area contributed by atoms with E-state index < -0.39 is 74.5 Å². The smallest absolute Gasteiger partial charge is 0.294 e. The maximum absolute atomic E-state index is 13.8. The van der Waals surface area contributed by atoms with E-state index in [2.05, 4.69) is 5.32 Å². The number of rotatable bonds is 22. The monoisotopic (exact) mass is 1010 g/mol. The van der Waals surface area contributed by atoms with E-state index in [1.807, 2.05) is 43.2 Å². The van der Waals surface area contributed by atoms with Crippen molar-refractivity contribution in [3.63, 3.8) is 0 Å². The Morgan fingerprint density at radius 2 is 1.33 bits per heavy atom.